The van der Waals surface area contributed by atoms with Crippen LogP contribution in [0.25, 0.3) is 0 Å². The van der Waals surface area contributed by atoms with Gasteiger partial charge in [-0.1, -0.05) is 66.7 Å². The van der Waals surface area contributed by atoms with Gasteiger partial charge in [0.1, 0.15) is 0 Å². The van der Waals surface area contributed by atoms with E-state index in [1.165, 1.54) is 0 Å². The van der Waals surface area contributed by atoms with Crippen LogP contribution in [0.4, 0.5) is 4.79 Å². The number of amides is 3. The number of likely N-dealkylation sites (tertiary alicyclic amines) is 1. The molecule has 0 spiro atoms. The molecule has 160 valence electrons. The Labute approximate surface area is 187 Å². The Kier molecular flexibility index (Phi) is 6.99. The molecule has 5 nitrogen and oxygen atoms in total. The maximum Gasteiger partial charge on any atom is 0.317 e. The number of carbonyl (C=O) groups is 2. The van der Waals surface area contributed by atoms with Crippen LogP contribution in [0.5, 0.6) is 0 Å². The highest BCUT2D eigenvalue weighted by Crippen LogP contribution is 2.24. The third-order valence-electron chi connectivity index (χ3n) is 5.63. The Morgan fingerprint density at radius 3 is 2.26 bits per heavy atom. The molecule has 2 heterocycles. The largest absolute Gasteiger partial charge is 0.345 e. The standard InChI is InChI=1S/C25H27N3O2S/c29-24(27-23(19-9-3-1-4-10-19)20-11-5-2-6-12-20)21-13-7-15-28(18-21)25(30)26-17-22-14-8-16-31-22/h1-6,8-12,14,16,21,23H,7,13,15,17-18H2,(H,26,30)(H,27,29). The number of piperidine rings is 1. The summed E-state index contributed by atoms with van der Waals surface area (Å²) < 4.78 is 0. The average Bonchev–Trinajstić information content (AvgIpc) is 3.36. The van der Waals surface area contributed by atoms with Crippen molar-refractivity contribution < 1.29 is 9.59 Å². The monoisotopic (exact) mass is 433 g/mol. The summed E-state index contributed by atoms with van der Waals surface area (Å²) in [5, 5.41) is 8.21. The molecule has 1 aromatic heterocycles. The van der Waals surface area contributed by atoms with Crippen LogP contribution in [0.3, 0.4) is 0 Å². The third-order valence-corrected chi connectivity index (χ3v) is 6.50. The van der Waals surface area contributed by atoms with Gasteiger partial charge in [0.2, 0.25) is 5.91 Å². The molecule has 0 radical (unpaired) electrons. The van der Waals surface area contributed by atoms with E-state index in [0.717, 1.165) is 28.8 Å². The number of carbonyl (C=O) groups excluding carboxylic acids is 2. The lowest BCUT2D eigenvalue weighted by Gasteiger charge is -2.33. The van der Waals surface area contributed by atoms with Crippen LogP contribution in [0.1, 0.15) is 34.9 Å². The molecule has 31 heavy (non-hydrogen) atoms. The van der Waals surface area contributed by atoms with Crippen LogP contribution in [-0.2, 0) is 11.3 Å². The number of rotatable bonds is 6. The number of hydrogen-bond donors (Lipinski definition) is 2. The molecule has 0 bridgehead atoms. The van der Waals surface area contributed by atoms with Crippen molar-refractivity contribution in [2.45, 2.75) is 25.4 Å². The van der Waals surface area contributed by atoms with Gasteiger partial charge in [0.15, 0.2) is 0 Å². The van der Waals surface area contributed by atoms with Crippen LogP contribution < -0.4 is 10.6 Å². The summed E-state index contributed by atoms with van der Waals surface area (Å²) in [6.07, 6.45) is 1.61. The summed E-state index contributed by atoms with van der Waals surface area (Å²) in [5.74, 6) is -0.218. The molecule has 1 saturated heterocycles. The van der Waals surface area contributed by atoms with Crippen molar-refractivity contribution in [3.05, 3.63) is 94.2 Å². The number of thiophene rings is 1. The van der Waals surface area contributed by atoms with Crippen LogP contribution in [0, 0.1) is 5.92 Å². The summed E-state index contributed by atoms with van der Waals surface area (Å²) in [6.45, 7) is 1.65. The topological polar surface area (TPSA) is 61.4 Å². The molecule has 1 aliphatic rings. The van der Waals surface area contributed by atoms with E-state index in [1.54, 1.807) is 16.2 Å². The zero-order valence-corrected chi connectivity index (χ0v) is 18.2. The summed E-state index contributed by atoms with van der Waals surface area (Å²) >= 11 is 1.62. The van der Waals surface area contributed by atoms with E-state index in [4.69, 9.17) is 0 Å². The predicted molar refractivity (Wildman–Crippen MR) is 124 cm³/mol. The van der Waals surface area contributed by atoms with E-state index < -0.39 is 0 Å². The maximum absolute atomic E-state index is 13.2. The van der Waals surface area contributed by atoms with Gasteiger partial charge in [0, 0.05) is 18.0 Å². The van der Waals surface area contributed by atoms with E-state index in [9.17, 15) is 9.59 Å². The van der Waals surface area contributed by atoms with Gasteiger partial charge in [0.05, 0.1) is 18.5 Å². The van der Waals surface area contributed by atoms with Gasteiger partial charge >= 0.3 is 6.03 Å². The van der Waals surface area contributed by atoms with Gasteiger partial charge in [0.25, 0.3) is 0 Å². The molecular formula is C25H27N3O2S. The lowest BCUT2D eigenvalue weighted by atomic mass is 9.94. The number of nitrogens with one attached hydrogen (secondary N) is 2. The molecule has 1 unspecified atom stereocenters. The third kappa shape index (κ3) is 5.52. The summed E-state index contributed by atoms with van der Waals surface area (Å²) in [4.78, 5) is 28.7. The number of nitrogens with zero attached hydrogens (tertiary/aromatic N) is 1. The highest BCUT2D eigenvalue weighted by Gasteiger charge is 2.30. The quantitative estimate of drug-likeness (QED) is 0.598. The average molecular weight is 434 g/mol. The minimum atomic E-state index is -0.212. The van der Waals surface area contributed by atoms with Gasteiger partial charge in [-0.05, 0) is 35.4 Å². The second-order valence-corrected chi connectivity index (χ2v) is 8.82. The van der Waals surface area contributed by atoms with Crippen molar-refractivity contribution in [1.82, 2.24) is 15.5 Å². The van der Waals surface area contributed by atoms with Crippen molar-refractivity contribution >= 4 is 23.3 Å². The number of benzene rings is 2. The Morgan fingerprint density at radius 2 is 1.65 bits per heavy atom. The first-order valence-electron chi connectivity index (χ1n) is 10.7. The van der Waals surface area contributed by atoms with Gasteiger partial charge in [-0.25, -0.2) is 4.79 Å². The normalized spacial score (nSPS) is 16.2. The Morgan fingerprint density at radius 1 is 0.968 bits per heavy atom. The molecule has 2 aromatic carbocycles. The van der Waals surface area contributed by atoms with Gasteiger partial charge in [-0.3, -0.25) is 4.79 Å². The molecule has 0 aliphatic carbocycles. The minimum Gasteiger partial charge on any atom is -0.345 e. The summed E-state index contributed by atoms with van der Waals surface area (Å²) in [5.41, 5.74) is 2.09. The number of urea groups is 1. The second kappa shape index (κ2) is 10.3. The summed E-state index contributed by atoms with van der Waals surface area (Å²) in [6, 6.07) is 23.7. The van der Waals surface area contributed by atoms with E-state index in [-0.39, 0.29) is 23.9 Å². The predicted octanol–water partition coefficient (Wildman–Crippen LogP) is 4.58. The zero-order valence-electron chi connectivity index (χ0n) is 17.4. The van der Waals surface area contributed by atoms with Crippen molar-refractivity contribution in [2.24, 2.45) is 5.92 Å². The SMILES string of the molecule is O=C(NC(c1ccccc1)c1ccccc1)C1CCCN(C(=O)NCc2cccs2)C1. The van der Waals surface area contributed by atoms with Crippen LogP contribution in [-0.4, -0.2) is 29.9 Å². The zero-order chi connectivity index (χ0) is 21.5. The molecular weight excluding hydrogens is 406 g/mol. The van der Waals surface area contributed by atoms with Crippen molar-refractivity contribution in [3.63, 3.8) is 0 Å². The van der Waals surface area contributed by atoms with Crippen molar-refractivity contribution in [3.8, 4) is 0 Å². The maximum atomic E-state index is 13.2. The molecule has 3 amide bonds. The molecule has 3 aromatic rings. The first-order chi connectivity index (χ1) is 15.2. The smallest absolute Gasteiger partial charge is 0.317 e. The molecule has 0 saturated carbocycles. The highest BCUT2D eigenvalue weighted by atomic mass is 32.1. The molecule has 4 rings (SSSR count). The second-order valence-electron chi connectivity index (χ2n) is 7.79. The first kappa shape index (κ1) is 21.1. The first-order valence-corrected chi connectivity index (χ1v) is 11.5. The molecule has 6 heteroatoms. The van der Waals surface area contributed by atoms with Crippen LogP contribution >= 0.6 is 11.3 Å². The van der Waals surface area contributed by atoms with Gasteiger partial charge < -0.3 is 15.5 Å². The Hall–Kier alpha value is -3.12. The van der Waals surface area contributed by atoms with Crippen molar-refractivity contribution in [1.29, 1.82) is 0 Å². The van der Waals surface area contributed by atoms with E-state index in [2.05, 4.69) is 10.6 Å². The van der Waals surface area contributed by atoms with E-state index in [1.807, 2.05) is 78.2 Å². The highest BCUT2D eigenvalue weighted by molar-refractivity contribution is 7.09. The lowest BCUT2D eigenvalue weighted by Crippen LogP contribution is -2.49. The fourth-order valence-corrected chi connectivity index (χ4v) is 4.62. The molecule has 1 fully saturated rings. The molecule has 1 atom stereocenters. The van der Waals surface area contributed by atoms with Gasteiger partial charge in [-0.15, -0.1) is 11.3 Å². The fraction of sp³-hybridized carbons (Fsp3) is 0.280. The van der Waals surface area contributed by atoms with Gasteiger partial charge in [-0.2, -0.15) is 0 Å². The van der Waals surface area contributed by atoms with E-state index >= 15 is 0 Å². The Bertz CT molecular complexity index is 937. The molecule has 2 N–H and O–H groups in total. The number of hydrogen-bond acceptors (Lipinski definition) is 3. The van der Waals surface area contributed by atoms with Crippen LogP contribution in [0.15, 0.2) is 78.2 Å². The minimum absolute atomic E-state index is 0.00605. The summed E-state index contributed by atoms with van der Waals surface area (Å²) in [7, 11) is 0. The van der Waals surface area contributed by atoms with Crippen LogP contribution in [0.2, 0.25) is 0 Å². The fourth-order valence-electron chi connectivity index (χ4n) is 3.97. The lowest BCUT2D eigenvalue weighted by molar-refractivity contribution is -0.126. The molecule has 1 aliphatic heterocycles. The Balaban J connectivity index is 1.40. The van der Waals surface area contributed by atoms with E-state index in [0.29, 0.717) is 19.6 Å². The van der Waals surface area contributed by atoms with Crippen molar-refractivity contribution in [2.75, 3.05) is 13.1 Å².